The van der Waals surface area contributed by atoms with Crippen LogP contribution in [0.2, 0.25) is 19.6 Å². The van der Waals surface area contributed by atoms with Crippen LogP contribution in [0.25, 0.3) is 0 Å². The largest absolute Gasteiger partial charge is 0.469 e. The molecule has 0 spiro atoms. The fourth-order valence-corrected chi connectivity index (χ4v) is 6.11. The molecule has 0 amide bonds. The highest BCUT2D eigenvalue weighted by Crippen LogP contribution is 2.29. The Bertz CT molecular complexity index is 365. The Morgan fingerprint density at radius 2 is 1.77 bits per heavy atom. The van der Waals surface area contributed by atoms with Crippen LogP contribution in [-0.4, -0.2) is 39.0 Å². The SMILES string of the molecule is COC(=O)CCCCCCSCC(CCC1CCCCC1)O[Si](C)(C)C. The average Bonchev–Trinajstić information content (AvgIpc) is 2.61. The third-order valence-corrected chi connectivity index (χ3v) is 7.32. The van der Waals surface area contributed by atoms with E-state index in [2.05, 4.69) is 36.1 Å². The number of hydrogen-bond donors (Lipinski definition) is 0. The Hall–Kier alpha value is -0.00312. The van der Waals surface area contributed by atoms with E-state index in [1.54, 1.807) is 0 Å². The zero-order valence-corrected chi connectivity index (χ0v) is 19.5. The predicted octanol–water partition coefficient (Wildman–Crippen LogP) is 6.42. The van der Waals surface area contributed by atoms with Gasteiger partial charge in [-0.2, -0.15) is 11.8 Å². The number of ether oxygens (including phenoxy) is 1. The van der Waals surface area contributed by atoms with E-state index in [4.69, 9.17) is 4.43 Å². The molecule has 26 heavy (non-hydrogen) atoms. The first kappa shape index (κ1) is 24.0. The molecule has 0 heterocycles. The lowest BCUT2D eigenvalue weighted by Gasteiger charge is -2.29. The van der Waals surface area contributed by atoms with E-state index in [-0.39, 0.29) is 5.97 Å². The molecule has 1 aliphatic rings. The zero-order chi connectivity index (χ0) is 19.3. The Kier molecular flexibility index (Phi) is 13.0. The lowest BCUT2D eigenvalue weighted by Crippen LogP contribution is -2.33. The summed E-state index contributed by atoms with van der Waals surface area (Å²) in [5, 5.41) is 0. The van der Waals surface area contributed by atoms with Crippen LogP contribution in [-0.2, 0) is 14.0 Å². The molecule has 1 aliphatic carbocycles. The summed E-state index contributed by atoms with van der Waals surface area (Å²) in [6.07, 6.45) is 15.4. The second kappa shape index (κ2) is 14.1. The molecule has 1 atom stereocenters. The van der Waals surface area contributed by atoms with Gasteiger partial charge >= 0.3 is 5.97 Å². The van der Waals surface area contributed by atoms with Crippen molar-refractivity contribution in [3.8, 4) is 0 Å². The molecule has 0 saturated heterocycles. The molecule has 0 bridgehead atoms. The van der Waals surface area contributed by atoms with Gasteiger partial charge in [0, 0.05) is 12.2 Å². The number of esters is 1. The van der Waals surface area contributed by atoms with Crippen LogP contribution in [0.15, 0.2) is 0 Å². The van der Waals surface area contributed by atoms with Gasteiger partial charge in [-0.1, -0.05) is 44.9 Å². The first-order chi connectivity index (χ1) is 12.4. The van der Waals surface area contributed by atoms with E-state index in [1.807, 2.05) is 0 Å². The third kappa shape index (κ3) is 13.2. The highest BCUT2D eigenvalue weighted by molar-refractivity contribution is 7.99. The monoisotopic (exact) mass is 402 g/mol. The van der Waals surface area contributed by atoms with Crippen molar-refractivity contribution in [1.29, 1.82) is 0 Å². The van der Waals surface area contributed by atoms with Crippen molar-refractivity contribution in [2.75, 3.05) is 18.6 Å². The van der Waals surface area contributed by atoms with Crippen molar-refractivity contribution in [3.63, 3.8) is 0 Å². The van der Waals surface area contributed by atoms with Crippen molar-refractivity contribution < 1.29 is 14.0 Å². The lowest BCUT2D eigenvalue weighted by molar-refractivity contribution is -0.140. The van der Waals surface area contributed by atoms with Crippen LogP contribution in [0.1, 0.15) is 77.0 Å². The van der Waals surface area contributed by atoms with E-state index in [9.17, 15) is 4.79 Å². The third-order valence-electron chi connectivity index (χ3n) is 5.09. The highest BCUT2D eigenvalue weighted by atomic mass is 32.2. The summed E-state index contributed by atoms with van der Waals surface area (Å²) in [6, 6.07) is 0. The van der Waals surface area contributed by atoms with Crippen molar-refractivity contribution in [2.24, 2.45) is 5.92 Å². The minimum absolute atomic E-state index is 0.0799. The fourth-order valence-electron chi connectivity index (χ4n) is 3.72. The summed E-state index contributed by atoms with van der Waals surface area (Å²) in [6.45, 7) is 6.94. The van der Waals surface area contributed by atoms with Crippen LogP contribution in [0.3, 0.4) is 0 Å². The molecule has 0 aliphatic heterocycles. The van der Waals surface area contributed by atoms with Crippen LogP contribution < -0.4 is 0 Å². The van der Waals surface area contributed by atoms with Gasteiger partial charge in [0.1, 0.15) is 0 Å². The Labute approximate surface area is 167 Å². The number of carbonyl (C=O) groups excluding carboxylic acids is 1. The Balaban J connectivity index is 2.14. The normalized spacial score (nSPS) is 17.2. The molecule has 0 N–H and O–H groups in total. The summed E-state index contributed by atoms with van der Waals surface area (Å²) in [5.41, 5.74) is 0. The van der Waals surface area contributed by atoms with E-state index >= 15 is 0 Å². The van der Waals surface area contributed by atoms with Gasteiger partial charge in [0.25, 0.3) is 0 Å². The molecule has 3 nitrogen and oxygen atoms in total. The molecule has 0 aromatic heterocycles. The van der Waals surface area contributed by atoms with Crippen LogP contribution in [0, 0.1) is 5.92 Å². The highest BCUT2D eigenvalue weighted by Gasteiger charge is 2.22. The van der Waals surface area contributed by atoms with Crippen molar-refractivity contribution >= 4 is 26.0 Å². The molecule has 1 saturated carbocycles. The smallest absolute Gasteiger partial charge is 0.305 e. The van der Waals surface area contributed by atoms with Crippen molar-refractivity contribution in [1.82, 2.24) is 0 Å². The quantitative estimate of drug-likeness (QED) is 0.191. The summed E-state index contributed by atoms with van der Waals surface area (Å²) in [5.74, 6) is 3.24. The molecule has 0 aromatic carbocycles. The molecule has 1 fully saturated rings. The number of hydrogen-bond acceptors (Lipinski definition) is 4. The van der Waals surface area contributed by atoms with E-state index in [0.29, 0.717) is 12.5 Å². The van der Waals surface area contributed by atoms with Gasteiger partial charge < -0.3 is 9.16 Å². The topological polar surface area (TPSA) is 35.5 Å². The van der Waals surface area contributed by atoms with Gasteiger partial charge in [-0.15, -0.1) is 0 Å². The van der Waals surface area contributed by atoms with Crippen LogP contribution >= 0.6 is 11.8 Å². The molecule has 0 aromatic rings. The minimum Gasteiger partial charge on any atom is -0.469 e. The van der Waals surface area contributed by atoms with Crippen LogP contribution in [0.4, 0.5) is 0 Å². The summed E-state index contributed by atoms with van der Waals surface area (Å²) >= 11 is 2.06. The van der Waals surface area contributed by atoms with Gasteiger partial charge in [0.05, 0.1) is 13.2 Å². The fraction of sp³-hybridized carbons (Fsp3) is 0.952. The van der Waals surface area contributed by atoms with Crippen LogP contribution in [0.5, 0.6) is 0 Å². The first-order valence-electron chi connectivity index (χ1n) is 10.7. The predicted molar refractivity (Wildman–Crippen MR) is 116 cm³/mol. The maximum atomic E-state index is 11.1. The maximum absolute atomic E-state index is 11.1. The molecule has 1 rings (SSSR count). The maximum Gasteiger partial charge on any atom is 0.305 e. The van der Waals surface area contributed by atoms with E-state index < -0.39 is 8.32 Å². The zero-order valence-electron chi connectivity index (χ0n) is 17.7. The molecule has 0 radical (unpaired) electrons. The standard InChI is InChI=1S/C21H42O3SSi/c1-23-21(22)14-10-5-6-11-17-25-18-20(24-26(2,3)4)16-15-19-12-8-7-9-13-19/h19-20H,5-18H2,1-4H3. The summed E-state index contributed by atoms with van der Waals surface area (Å²) in [7, 11) is -0.000241. The first-order valence-corrected chi connectivity index (χ1v) is 15.3. The van der Waals surface area contributed by atoms with Crippen molar-refractivity contribution in [2.45, 2.75) is 103 Å². The molecule has 5 heteroatoms. The molecular formula is C21H42O3SSi. The van der Waals surface area contributed by atoms with E-state index in [0.717, 1.165) is 24.5 Å². The second-order valence-corrected chi connectivity index (χ2v) is 14.4. The number of methoxy groups -OCH3 is 1. The molecule has 154 valence electrons. The van der Waals surface area contributed by atoms with Gasteiger partial charge in [0.15, 0.2) is 8.32 Å². The number of unbranched alkanes of at least 4 members (excludes halogenated alkanes) is 3. The van der Waals surface area contributed by atoms with Crippen molar-refractivity contribution in [3.05, 3.63) is 0 Å². The van der Waals surface area contributed by atoms with Gasteiger partial charge in [-0.3, -0.25) is 4.79 Å². The summed E-state index contributed by atoms with van der Waals surface area (Å²) in [4.78, 5) is 11.1. The number of carbonyl (C=O) groups is 1. The Morgan fingerprint density at radius 1 is 1.08 bits per heavy atom. The number of rotatable bonds is 14. The van der Waals surface area contributed by atoms with Gasteiger partial charge in [0.2, 0.25) is 0 Å². The Morgan fingerprint density at radius 3 is 2.42 bits per heavy atom. The number of thioether (sulfide) groups is 1. The average molecular weight is 403 g/mol. The minimum atomic E-state index is -1.46. The van der Waals surface area contributed by atoms with E-state index in [1.165, 1.54) is 70.7 Å². The summed E-state index contributed by atoms with van der Waals surface area (Å²) < 4.78 is 11.2. The molecular weight excluding hydrogens is 360 g/mol. The van der Waals surface area contributed by atoms with Gasteiger partial charge in [-0.25, -0.2) is 0 Å². The lowest BCUT2D eigenvalue weighted by atomic mass is 9.85. The van der Waals surface area contributed by atoms with Gasteiger partial charge in [-0.05, 0) is 57.0 Å². The second-order valence-electron chi connectivity index (χ2n) is 8.75. The molecule has 1 unspecified atom stereocenters.